The third-order valence-electron chi connectivity index (χ3n) is 5.05. The highest BCUT2D eigenvalue weighted by Gasteiger charge is 2.21. The van der Waals surface area contributed by atoms with Crippen LogP contribution in [0, 0.1) is 0 Å². The van der Waals surface area contributed by atoms with Crippen molar-refractivity contribution in [2.75, 3.05) is 0 Å². The summed E-state index contributed by atoms with van der Waals surface area (Å²) in [4.78, 5) is 11.8. The molecule has 0 bridgehead atoms. The smallest absolute Gasteiger partial charge is 0.159 e. The van der Waals surface area contributed by atoms with Gasteiger partial charge in [0.15, 0.2) is 5.78 Å². The Morgan fingerprint density at radius 2 is 1.96 bits per heavy atom. The van der Waals surface area contributed by atoms with Crippen LogP contribution in [0.3, 0.4) is 0 Å². The van der Waals surface area contributed by atoms with E-state index in [0.717, 1.165) is 31.4 Å². The molecule has 3 aromatic rings. The summed E-state index contributed by atoms with van der Waals surface area (Å²) >= 11 is 0. The van der Waals surface area contributed by atoms with Crippen LogP contribution < -0.4 is 0 Å². The van der Waals surface area contributed by atoms with Gasteiger partial charge in [-0.25, -0.2) is 0 Å². The van der Waals surface area contributed by atoms with E-state index in [2.05, 4.69) is 42.3 Å². The fourth-order valence-corrected chi connectivity index (χ4v) is 3.95. The Hall–Kier alpha value is -2.35. The van der Waals surface area contributed by atoms with Gasteiger partial charge < -0.3 is 4.57 Å². The zero-order chi connectivity index (χ0) is 16.1. The summed E-state index contributed by atoms with van der Waals surface area (Å²) in [7, 11) is 0. The molecular weight excluding hydrogens is 282 g/mol. The number of allylic oxidation sites excluding steroid dienone is 1. The maximum absolute atomic E-state index is 11.8. The summed E-state index contributed by atoms with van der Waals surface area (Å²) in [5, 5.41) is 2.54. The molecule has 1 heterocycles. The predicted octanol–water partition coefficient (Wildman–Crippen LogP) is 5.37. The third-order valence-corrected chi connectivity index (χ3v) is 5.05. The Kier molecular flexibility index (Phi) is 3.15. The fourth-order valence-electron chi connectivity index (χ4n) is 3.95. The molecule has 1 aliphatic carbocycles. The summed E-state index contributed by atoms with van der Waals surface area (Å²) in [6.07, 6.45) is 3.19. The second kappa shape index (κ2) is 5.09. The first-order chi connectivity index (χ1) is 11.1. The van der Waals surface area contributed by atoms with E-state index in [1.165, 1.54) is 38.5 Å². The Bertz CT molecular complexity index is 975. The predicted molar refractivity (Wildman–Crippen MR) is 97.1 cm³/mol. The van der Waals surface area contributed by atoms with Crippen LogP contribution >= 0.6 is 0 Å². The number of hydrogen-bond acceptors (Lipinski definition) is 1. The molecule has 0 fully saturated rings. The number of hydrogen-bond donors (Lipinski definition) is 0. The molecule has 1 aliphatic rings. The van der Waals surface area contributed by atoms with Crippen LogP contribution in [0.2, 0.25) is 0 Å². The molecule has 2 nitrogen and oxygen atoms in total. The lowest BCUT2D eigenvalue weighted by atomic mass is 10.0. The van der Waals surface area contributed by atoms with Crippen LogP contribution in [-0.2, 0) is 13.0 Å². The average Bonchev–Trinajstić information content (AvgIpc) is 3.06. The molecule has 2 heteroatoms. The number of benzene rings is 2. The summed E-state index contributed by atoms with van der Waals surface area (Å²) in [6.45, 7) is 9.05. The molecule has 0 saturated heterocycles. The molecular formula is C21H21NO. The third kappa shape index (κ3) is 1.98. The van der Waals surface area contributed by atoms with Crippen molar-refractivity contribution >= 4 is 33.2 Å². The van der Waals surface area contributed by atoms with Crippen LogP contribution in [0.5, 0.6) is 0 Å². The maximum atomic E-state index is 11.8. The van der Waals surface area contributed by atoms with E-state index in [1.807, 2.05) is 6.07 Å². The largest absolute Gasteiger partial charge is 0.340 e. The van der Waals surface area contributed by atoms with Gasteiger partial charge in [0.2, 0.25) is 0 Å². The van der Waals surface area contributed by atoms with Crippen molar-refractivity contribution in [1.82, 2.24) is 4.57 Å². The first-order valence-electron chi connectivity index (χ1n) is 8.38. The van der Waals surface area contributed by atoms with Gasteiger partial charge in [-0.2, -0.15) is 0 Å². The summed E-state index contributed by atoms with van der Waals surface area (Å²) < 4.78 is 2.40. The lowest BCUT2D eigenvalue weighted by Gasteiger charge is -2.06. The van der Waals surface area contributed by atoms with E-state index < -0.39 is 0 Å². The standard InChI is InChI=1S/C21H21NO/c1-4-11-22-19-9-6-15(14(3)23)12-18(19)21-17-7-5-13(2)16(17)8-10-20(21)22/h6,8-10,12H,2,4-5,7,11H2,1,3H3. The monoisotopic (exact) mass is 303 g/mol. The van der Waals surface area contributed by atoms with E-state index in [1.54, 1.807) is 6.92 Å². The highest BCUT2D eigenvalue weighted by atomic mass is 16.1. The van der Waals surface area contributed by atoms with Crippen LogP contribution in [0.25, 0.3) is 27.4 Å². The zero-order valence-corrected chi connectivity index (χ0v) is 13.8. The normalized spacial score (nSPS) is 13.9. The van der Waals surface area contributed by atoms with Crippen molar-refractivity contribution in [3.63, 3.8) is 0 Å². The Morgan fingerprint density at radius 3 is 2.70 bits per heavy atom. The number of carbonyl (C=O) groups is 1. The van der Waals surface area contributed by atoms with Gasteiger partial charge in [0, 0.05) is 33.9 Å². The van der Waals surface area contributed by atoms with E-state index in [9.17, 15) is 4.79 Å². The number of aryl methyl sites for hydroxylation is 2. The Morgan fingerprint density at radius 1 is 1.17 bits per heavy atom. The van der Waals surface area contributed by atoms with Gasteiger partial charge >= 0.3 is 0 Å². The minimum Gasteiger partial charge on any atom is -0.340 e. The molecule has 2 aromatic carbocycles. The maximum Gasteiger partial charge on any atom is 0.159 e. The zero-order valence-electron chi connectivity index (χ0n) is 13.8. The molecule has 4 rings (SSSR count). The fraction of sp³-hybridized carbons (Fsp3) is 0.286. The number of nitrogens with zero attached hydrogens (tertiary/aromatic N) is 1. The van der Waals surface area contributed by atoms with Crippen LogP contribution in [-0.4, -0.2) is 10.4 Å². The number of rotatable bonds is 3. The lowest BCUT2D eigenvalue weighted by molar-refractivity contribution is 0.101. The molecule has 1 aromatic heterocycles. The van der Waals surface area contributed by atoms with Gasteiger partial charge in [-0.15, -0.1) is 0 Å². The lowest BCUT2D eigenvalue weighted by Crippen LogP contribution is -1.97. The topological polar surface area (TPSA) is 22.0 Å². The van der Waals surface area contributed by atoms with Crippen molar-refractivity contribution in [2.45, 2.75) is 39.7 Å². The molecule has 0 saturated carbocycles. The number of carbonyl (C=O) groups excluding carboxylic acids is 1. The highest BCUT2D eigenvalue weighted by molar-refractivity contribution is 6.13. The number of fused-ring (bicyclic) bond motifs is 5. The molecule has 0 aliphatic heterocycles. The second-order valence-electron chi connectivity index (χ2n) is 6.53. The van der Waals surface area contributed by atoms with Crippen molar-refractivity contribution in [1.29, 1.82) is 0 Å². The van der Waals surface area contributed by atoms with Crippen LogP contribution in [0.1, 0.15) is 48.2 Å². The number of aromatic nitrogens is 1. The first kappa shape index (κ1) is 14.3. The van der Waals surface area contributed by atoms with E-state index in [4.69, 9.17) is 0 Å². The van der Waals surface area contributed by atoms with Gasteiger partial charge in [-0.3, -0.25) is 4.79 Å². The van der Waals surface area contributed by atoms with Gasteiger partial charge in [-0.05, 0) is 67.2 Å². The summed E-state index contributed by atoms with van der Waals surface area (Å²) in [6, 6.07) is 10.6. The van der Waals surface area contributed by atoms with Crippen molar-refractivity contribution in [2.24, 2.45) is 0 Å². The highest BCUT2D eigenvalue weighted by Crippen LogP contribution is 2.40. The van der Waals surface area contributed by atoms with Crippen molar-refractivity contribution < 1.29 is 4.79 Å². The molecule has 0 radical (unpaired) electrons. The molecule has 0 amide bonds. The van der Waals surface area contributed by atoms with Crippen LogP contribution in [0.4, 0.5) is 0 Å². The van der Waals surface area contributed by atoms with E-state index in [0.29, 0.717) is 0 Å². The second-order valence-corrected chi connectivity index (χ2v) is 6.53. The summed E-state index contributed by atoms with van der Waals surface area (Å²) in [5.41, 5.74) is 7.27. The molecule has 0 N–H and O–H groups in total. The summed E-state index contributed by atoms with van der Waals surface area (Å²) in [5.74, 6) is 0.125. The van der Waals surface area contributed by atoms with Gasteiger partial charge in [0.1, 0.15) is 0 Å². The van der Waals surface area contributed by atoms with Crippen molar-refractivity contribution in [3.8, 4) is 0 Å². The first-order valence-corrected chi connectivity index (χ1v) is 8.38. The Labute approximate surface area is 136 Å². The van der Waals surface area contributed by atoms with E-state index in [-0.39, 0.29) is 5.78 Å². The quantitative estimate of drug-likeness (QED) is 0.596. The minimum absolute atomic E-state index is 0.125. The average molecular weight is 303 g/mol. The molecule has 0 atom stereocenters. The minimum atomic E-state index is 0.125. The van der Waals surface area contributed by atoms with Gasteiger partial charge in [-0.1, -0.05) is 19.6 Å². The molecule has 0 unspecified atom stereocenters. The molecule has 23 heavy (non-hydrogen) atoms. The van der Waals surface area contributed by atoms with Gasteiger partial charge in [0.05, 0.1) is 0 Å². The van der Waals surface area contributed by atoms with E-state index >= 15 is 0 Å². The Balaban J connectivity index is 2.17. The SMILES string of the molecule is C=C1CCc2c1ccc1c2c2cc(C(C)=O)ccc2n1CCC. The molecule has 0 spiro atoms. The number of ketones is 1. The number of Topliss-reactive ketones (excluding diaryl/α,β-unsaturated/α-hetero) is 1. The molecule has 116 valence electrons. The van der Waals surface area contributed by atoms with Crippen molar-refractivity contribution in [3.05, 3.63) is 53.6 Å². The van der Waals surface area contributed by atoms with Crippen LogP contribution in [0.15, 0.2) is 36.9 Å². The van der Waals surface area contributed by atoms with Gasteiger partial charge in [0.25, 0.3) is 0 Å².